The Morgan fingerprint density at radius 1 is 0.865 bits per heavy atom. The van der Waals surface area contributed by atoms with Crippen LogP contribution in [0.2, 0.25) is 5.02 Å². The number of halogens is 1. The van der Waals surface area contributed by atoms with E-state index in [-0.39, 0.29) is 5.91 Å². The number of carbonyl (C=O) groups is 1. The van der Waals surface area contributed by atoms with Gasteiger partial charge in [-0.25, -0.2) is 0 Å². The quantitative estimate of drug-likeness (QED) is 0.237. The number of para-hydroxylation sites is 1. The van der Waals surface area contributed by atoms with Crippen molar-refractivity contribution in [3.05, 3.63) is 130 Å². The van der Waals surface area contributed by atoms with Crippen LogP contribution in [-0.2, 0) is 11.4 Å². The lowest BCUT2D eigenvalue weighted by molar-refractivity contribution is -0.114. The Morgan fingerprint density at radius 3 is 2.19 bits per heavy atom. The summed E-state index contributed by atoms with van der Waals surface area (Å²) in [4.78, 5) is 13.6. The van der Waals surface area contributed by atoms with Crippen molar-refractivity contribution in [2.45, 2.75) is 13.5 Å². The number of hydrogen-bond acceptors (Lipinski definition) is 4. The number of hydrogen-bond donors (Lipinski definition) is 0. The second kappa shape index (κ2) is 11.1. The van der Waals surface area contributed by atoms with Crippen molar-refractivity contribution in [1.29, 1.82) is 0 Å². The third kappa shape index (κ3) is 5.42. The molecule has 0 N–H and O–H groups in total. The highest BCUT2D eigenvalue weighted by Crippen LogP contribution is 2.38. The van der Waals surface area contributed by atoms with Gasteiger partial charge >= 0.3 is 0 Å². The van der Waals surface area contributed by atoms with E-state index in [9.17, 15) is 4.79 Å². The third-order valence-electron chi connectivity index (χ3n) is 5.79. The Labute approximate surface area is 221 Å². The summed E-state index contributed by atoms with van der Waals surface area (Å²) in [5.41, 5.74) is 4.33. The molecule has 0 saturated heterocycles. The lowest BCUT2D eigenvalue weighted by atomic mass is 10.00. The number of amides is 1. The molecule has 1 aliphatic heterocycles. The first kappa shape index (κ1) is 24.3. The topological polar surface area (TPSA) is 51.1 Å². The summed E-state index contributed by atoms with van der Waals surface area (Å²) >= 11 is 6.68. The largest absolute Gasteiger partial charge is 0.490 e. The first-order chi connectivity index (χ1) is 18.1. The van der Waals surface area contributed by atoms with E-state index >= 15 is 0 Å². The van der Waals surface area contributed by atoms with Crippen LogP contribution in [0.1, 0.15) is 23.6 Å². The van der Waals surface area contributed by atoms with Gasteiger partial charge in [-0.3, -0.25) is 4.79 Å². The number of nitrogens with zero attached hydrogens (tertiary/aromatic N) is 2. The fourth-order valence-corrected chi connectivity index (χ4v) is 4.34. The average Bonchev–Trinajstić information content (AvgIpc) is 3.25. The standard InChI is InChI=1S/C31H25ClN2O3/c1-2-36-28-20-23(19-27(32)30(28)37-21-22-12-6-3-7-13-22)18-26-29(24-14-8-4-9-15-24)33-34(31(26)35)25-16-10-5-11-17-25/h3-20H,2,21H2,1H3/b26-18-. The number of hydrazone groups is 1. The molecule has 0 aliphatic carbocycles. The Kier molecular flexibility index (Phi) is 7.33. The van der Waals surface area contributed by atoms with Crippen molar-refractivity contribution >= 4 is 35.0 Å². The smallest absolute Gasteiger partial charge is 0.281 e. The number of carbonyl (C=O) groups excluding carboxylic acids is 1. The van der Waals surface area contributed by atoms with Gasteiger partial charge in [-0.2, -0.15) is 10.1 Å². The highest BCUT2D eigenvalue weighted by atomic mass is 35.5. The monoisotopic (exact) mass is 508 g/mol. The fraction of sp³-hybridized carbons (Fsp3) is 0.0968. The minimum atomic E-state index is -0.219. The molecular formula is C31H25ClN2O3. The number of ether oxygens (including phenoxy) is 2. The number of benzene rings is 4. The van der Waals surface area contributed by atoms with Gasteiger partial charge in [0.15, 0.2) is 11.5 Å². The van der Waals surface area contributed by atoms with Crippen LogP contribution in [0.4, 0.5) is 5.69 Å². The molecule has 5 rings (SSSR count). The van der Waals surface area contributed by atoms with Crippen molar-refractivity contribution in [2.75, 3.05) is 11.6 Å². The van der Waals surface area contributed by atoms with Gasteiger partial charge in [-0.05, 0) is 48.4 Å². The summed E-state index contributed by atoms with van der Waals surface area (Å²) in [6.07, 6.45) is 1.80. The summed E-state index contributed by atoms with van der Waals surface area (Å²) in [6.45, 7) is 2.70. The van der Waals surface area contributed by atoms with Gasteiger partial charge in [0.1, 0.15) is 12.3 Å². The molecule has 37 heavy (non-hydrogen) atoms. The Morgan fingerprint density at radius 2 is 1.51 bits per heavy atom. The van der Waals surface area contributed by atoms with Crippen molar-refractivity contribution in [1.82, 2.24) is 0 Å². The first-order valence-corrected chi connectivity index (χ1v) is 12.4. The fourth-order valence-electron chi connectivity index (χ4n) is 4.07. The zero-order valence-corrected chi connectivity index (χ0v) is 21.1. The maximum Gasteiger partial charge on any atom is 0.281 e. The summed E-state index contributed by atoms with van der Waals surface area (Å²) in [5.74, 6) is 0.764. The van der Waals surface area contributed by atoms with E-state index in [1.165, 1.54) is 5.01 Å². The van der Waals surface area contributed by atoms with Gasteiger partial charge in [-0.1, -0.05) is 90.5 Å². The lowest BCUT2D eigenvalue weighted by Gasteiger charge is -2.15. The Hall–Kier alpha value is -4.35. The molecule has 0 fully saturated rings. The van der Waals surface area contributed by atoms with Gasteiger partial charge in [0.2, 0.25) is 0 Å². The molecule has 4 aromatic carbocycles. The van der Waals surface area contributed by atoms with Gasteiger partial charge < -0.3 is 9.47 Å². The zero-order valence-electron chi connectivity index (χ0n) is 20.3. The van der Waals surface area contributed by atoms with E-state index in [0.29, 0.717) is 52.3 Å². The molecule has 1 amide bonds. The highest BCUT2D eigenvalue weighted by Gasteiger charge is 2.32. The molecule has 5 nitrogen and oxygen atoms in total. The zero-order chi connectivity index (χ0) is 25.6. The van der Waals surface area contributed by atoms with Crippen molar-refractivity contribution in [3.8, 4) is 11.5 Å². The lowest BCUT2D eigenvalue weighted by Crippen LogP contribution is -2.21. The van der Waals surface area contributed by atoms with E-state index in [1.54, 1.807) is 12.1 Å². The predicted octanol–water partition coefficient (Wildman–Crippen LogP) is 7.15. The molecular weight excluding hydrogens is 484 g/mol. The average molecular weight is 509 g/mol. The predicted molar refractivity (Wildman–Crippen MR) is 148 cm³/mol. The molecule has 1 aliphatic rings. The van der Waals surface area contributed by atoms with Gasteiger partial charge in [0.05, 0.1) is 22.9 Å². The minimum absolute atomic E-state index is 0.219. The van der Waals surface area contributed by atoms with Crippen molar-refractivity contribution in [3.63, 3.8) is 0 Å². The third-order valence-corrected chi connectivity index (χ3v) is 6.08. The number of anilines is 1. The maximum atomic E-state index is 13.6. The van der Waals surface area contributed by atoms with Crippen LogP contribution in [0.5, 0.6) is 11.5 Å². The molecule has 0 aromatic heterocycles. The van der Waals surface area contributed by atoms with Crippen molar-refractivity contribution in [2.24, 2.45) is 5.10 Å². The highest BCUT2D eigenvalue weighted by molar-refractivity contribution is 6.37. The Bertz CT molecular complexity index is 1450. The van der Waals surface area contributed by atoms with Crippen LogP contribution in [0.3, 0.4) is 0 Å². The molecule has 0 saturated carbocycles. The minimum Gasteiger partial charge on any atom is -0.490 e. The van der Waals surface area contributed by atoms with E-state index in [2.05, 4.69) is 0 Å². The van der Waals surface area contributed by atoms with Crippen molar-refractivity contribution < 1.29 is 14.3 Å². The molecule has 0 bridgehead atoms. The second-order valence-electron chi connectivity index (χ2n) is 8.36. The molecule has 4 aromatic rings. The molecule has 0 radical (unpaired) electrons. The van der Waals surface area contributed by atoms with Gasteiger partial charge in [0.25, 0.3) is 5.91 Å². The van der Waals surface area contributed by atoms with E-state index in [4.69, 9.17) is 26.2 Å². The molecule has 1 heterocycles. The second-order valence-corrected chi connectivity index (χ2v) is 8.77. The SMILES string of the molecule is CCOc1cc(/C=C2\C(=O)N(c3ccccc3)N=C2c2ccccc2)cc(Cl)c1OCc1ccccc1. The van der Waals surface area contributed by atoms with Gasteiger partial charge in [-0.15, -0.1) is 0 Å². The van der Waals surface area contributed by atoms with Crippen LogP contribution >= 0.6 is 11.6 Å². The molecule has 6 heteroatoms. The van der Waals surface area contributed by atoms with E-state index in [0.717, 1.165) is 11.1 Å². The van der Waals surface area contributed by atoms with Crippen LogP contribution in [0, 0.1) is 0 Å². The first-order valence-electron chi connectivity index (χ1n) is 12.0. The Balaban J connectivity index is 1.53. The van der Waals surface area contributed by atoms with E-state index < -0.39 is 0 Å². The number of rotatable bonds is 8. The molecule has 184 valence electrons. The molecule has 0 unspecified atom stereocenters. The summed E-state index contributed by atoms with van der Waals surface area (Å²) in [7, 11) is 0. The summed E-state index contributed by atoms with van der Waals surface area (Å²) in [5, 5.41) is 6.52. The summed E-state index contributed by atoms with van der Waals surface area (Å²) < 4.78 is 11.9. The normalized spacial score (nSPS) is 14.1. The van der Waals surface area contributed by atoms with Crippen LogP contribution in [0.15, 0.2) is 114 Å². The van der Waals surface area contributed by atoms with Crippen LogP contribution < -0.4 is 14.5 Å². The molecule has 0 atom stereocenters. The van der Waals surface area contributed by atoms with Crippen LogP contribution in [0.25, 0.3) is 6.08 Å². The van der Waals surface area contributed by atoms with Crippen LogP contribution in [-0.4, -0.2) is 18.2 Å². The maximum absolute atomic E-state index is 13.6. The summed E-state index contributed by atoms with van der Waals surface area (Å²) in [6, 6.07) is 32.5. The van der Waals surface area contributed by atoms with E-state index in [1.807, 2.05) is 104 Å². The molecule has 0 spiro atoms. The van der Waals surface area contributed by atoms with Gasteiger partial charge in [0, 0.05) is 5.56 Å².